The van der Waals surface area contributed by atoms with Gasteiger partial charge in [0.25, 0.3) is 0 Å². The van der Waals surface area contributed by atoms with E-state index in [4.69, 9.17) is 0 Å². The van der Waals surface area contributed by atoms with Crippen LogP contribution in [0.5, 0.6) is 0 Å². The number of hydrogen-bond donors (Lipinski definition) is 0. The van der Waals surface area contributed by atoms with E-state index in [1.54, 1.807) is 0 Å². The molecule has 0 saturated carbocycles. The normalized spacial score (nSPS) is 11.2. The second-order valence-corrected chi connectivity index (χ2v) is 5.64. The zero-order valence-corrected chi connectivity index (χ0v) is 19.2. The molecule has 0 spiro atoms. The number of nitrogens with zero attached hydrogens (tertiary/aromatic N) is 1. The summed E-state index contributed by atoms with van der Waals surface area (Å²) in [7, 11) is 0. The van der Waals surface area contributed by atoms with E-state index in [9.17, 15) is 0 Å². The van der Waals surface area contributed by atoms with E-state index < -0.39 is 0 Å². The summed E-state index contributed by atoms with van der Waals surface area (Å²) in [6.07, 6.45) is 14.4. The summed E-state index contributed by atoms with van der Waals surface area (Å²) in [6.45, 7) is 0. The van der Waals surface area contributed by atoms with Gasteiger partial charge in [0.05, 0.1) is 0 Å². The van der Waals surface area contributed by atoms with Crippen LogP contribution in [-0.2, 0) is 25.8 Å². The number of hydrogen-bond acceptors (Lipinski definition) is 0. The van der Waals surface area contributed by atoms with Gasteiger partial charge in [-0.15, -0.1) is 47.5 Å². The van der Waals surface area contributed by atoms with E-state index in [1.165, 1.54) is 27.2 Å². The smallest absolute Gasteiger partial charge is 1.00 e. The van der Waals surface area contributed by atoms with Crippen LogP contribution < -0.4 is 24.8 Å². The Kier molecular flexibility index (Phi) is 9.21. The van der Waals surface area contributed by atoms with Gasteiger partial charge >= 0.3 is 25.8 Å². The minimum atomic E-state index is 0. The number of rotatable bonds is 1. The zero-order valence-electron chi connectivity index (χ0n) is 14.1. The van der Waals surface area contributed by atoms with Crippen molar-refractivity contribution in [2.75, 3.05) is 0 Å². The Labute approximate surface area is 185 Å². The zero-order chi connectivity index (χ0) is 15.5. The Morgan fingerprint density at radius 2 is 1.46 bits per heavy atom. The minimum Gasteiger partial charge on any atom is -1.00 e. The fourth-order valence-electron chi connectivity index (χ4n) is 2.86. The first-order chi connectivity index (χ1) is 11.4. The van der Waals surface area contributed by atoms with E-state index in [2.05, 4.69) is 89.8 Å². The molecule has 0 saturated heterocycles. The van der Waals surface area contributed by atoms with E-state index in [0.29, 0.717) is 0 Å². The van der Waals surface area contributed by atoms with Crippen LogP contribution in [0, 0.1) is 6.08 Å². The van der Waals surface area contributed by atoms with Crippen molar-refractivity contribution in [3.8, 4) is 5.69 Å². The van der Waals surface area contributed by atoms with Crippen LogP contribution in [0.15, 0.2) is 91.3 Å². The van der Waals surface area contributed by atoms with Crippen molar-refractivity contribution in [3.63, 3.8) is 0 Å². The van der Waals surface area contributed by atoms with Crippen molar-refractivity contribution in [2.24, 2.45) is 0 Å². The van der Waals surface area contributed by atoms with Gasteiger partial charge in [-0.25, -0.2) is 12.2 Å². The Morgan fingerprint density at radius 1 is 0.846 bits per heavy atom. The van der Waals surface area contributed by atoms with Crippen molar-refractivity contribution in [2.45, 2.75) is 6.42 Å². The van der Waals surface area contributed by atoms with Crippen molar-refractivity contribution in [1.29, 1.82) is 0 Å². The second kappa shape index (κ2) is 10.6. The van der Waals surface area contributed by atoms with E-state index in [1.807, 2.05) is 12.2 Å². The third-order valence-corrected chi connectivity index (χ3v) is 4.04. The third-order valence-electron chi connectivity index (χ3n) is 4.04. The van der Waals surface area contributed by atoms with E-state index in [-0.39, 0.29) is 50.7 Å². The fourth-order valence-corrected chi connectivity index (χ4v) is 2.86. The van der Waals surface area contributed by atoms with Gasteiger partial charge in [0, 0.05) is 12.4 Å². The first kappa shape index (κ1) is 22.6. The van der Waals surface area contributed by atoms with Crippen molar-refractivity contribution < 1.29 is 50.7 Å². The first-order valence-electron chi connectivity index (χ1n) is 7.84. The van der Waals surface area contributed by atoms with Crippen LogP contribution in [0.3, 0.4) is 0 Å². The number of benzene rings is 2. The number of fused-ring (bicyclic) bond motifs is 2. The van der Waals surface area contributed by atoms with Crippen LogP contribution in [0.25, 0.3) is 27.2 Å². The molecule has 0 atom stereocenters. The van der Waals surface area contributed by atoms with Gasteiger partial charge in [-0.05, 0) is 16.5 Å². The average molecular weight is 545 g/mol. The molecule has 3 aromatic carbocycles. The molecule has 0 N–H and O–H groups in total. The molecule has 0 aliphatic heterocycles. The van der Waals surface area contributed by atoms with Crippen LogP contribution in [0.2, 0.25) is 0 Å². The average Bonchev–Trinajstić information content (AvgIpc) is 3.33. The largest absolute Gasteiger partial charge is 4.00 e. The summed E-state index contributed by atoms with van der Waals surface area (Å²) in [5.74, 6) is 0. The maximum atomic E-state index is 2.99. The van der Waals surface area contributed by atoms with Crippen LogP contribution in [-0.4, -0.2) is 4.57 Å². The molecule has 0 radical (unpaired) electrons. The Morgan fingerprint density at radius 3 is 1.96 bits per heavy atom. The van der Waals surface area contributed by atoms with Crippen molar-refractivity contribution in [3.05, 3.63) is 97.4 Å². The Balaban J connectivity index is 0.000000372. The predicted molar refractivity (Wildman–Crippen MR) is 97.9 cm³/mol. The first-order valence-corrected chi connectivity index (χ1v) is 7.84. The molecule has 1 heterocycles. The van der Waals surface area contributed by atoms with Gasteiger partial charge in [0.1, 0.15) is 0 Å². The van der Waals surface area contributed by atoms with Crippen molar-refractivity contribution in [1.82, 2.24) is 4.57 Å². The second-order valence-electron chi connectivity index (χ2n) is 5.64. The molecule has 0 bridgehead atoms. The summed E-state index contributed by atoms with van der Waals surface area (Å²) in [5.41, 5.74) is 1.23. The molecule has 1 aliphatic rings. The van der Waals surface area contributed by atoms with Gasteiger partial charge in [-0.3, -0.25) is 6.08 Å². The standard InChI is InChI=1S/C17H12N.C5H5.2ClH.Hf/c1-2-6-14-10-17(9-13(14)5-1)18-11-15-7-3-4-8-16(15)12-18;1-2-4-5-3-1;;;/h1-12H;1-3H,4H2;2*1H;/q2*-1;;;+4/p-2. The molecule has 1 aliphatic carbocycles. The molecular weight excluding hydrogens is 528 g/mol. The Hall–Kier alpha value is -1.48. The fraction of sp³-hybridized carbons (Fsp3) is 0.0455. The van der Waals surface area contributed by atoms with E-state index in [0.717, 1.165) is 6.42 Å². The summed E-state index contributed by atoms with van der Waals surface area (Å²) in [4.78, 5) is 0. The van der Waals surface area contributed by atoms with Crippen LogP contribution in [0.4, 0.5) is 0 Å². The number of allylic oxidation sites excluding steroid dienone is 4. The molecule has 5 rings (SSSR count). The molecular formula is C22H17Cl2HfN. The minimum absolute atomic E-state index is 0. The number of aromatic nitrogens is 1. The summed E-state index contributed by atoms with van der Waals surface area (Å²) in [5, 5.41) is 5.15. The third kappa shape index (κ3) is 5.03. The van der Waals surface area contributed by atoms with Gasteiger partial charge in [-0.2, -0.15) is 6.08 Å². The molecule has 4 aromatic rings. The molecule has 128 valence electrons. The molecule has 1 nitrogen and oxygen atoms in total. The van der Waals surface area contributed by atoms with Gasteiger partial charge in [-0.1, -0.05) is 30.3 Å². The topological polar surface area (TPSA) is 4.93 Å². The quantitative estimate of drug-likeness (QED) is 0.232. The molecule has 0 amide bonds. The maximum absolute atomic E-state index is 2.99. The van der Waals surface area contributed by atoms with Crippen molar-refractivity contribution >= 4 is 21.5 Å². The van der Waals surface area contributed by atoms with Gasteiger partial charge in [0.2, 0.25) is 0 Å². The van der Waals surface area contributed by atoms with Gasteiger partial charge in [0.15, 0.2) is 0 Å². The molecule has 0 unspecified atom stereocenters. The summed E-state index contributed by atoms with van der Waals surface area (Å²) in [6, 6.07) is 21.4. The summed E-state index contributed by atoms with van der Waals surface area (Å²) < 4.78 is 2.20. The summed E-state index contributed by atoms with van der Waals surface area (Å²) >= 11 is 0. The molecule has 26 heavy (non-hydrogen) atoms. The monoisotopic (exact) mass is 545 g/mol. The maximum Gasteiger partial charge on any atom is 4.00 e. The molecule has 0 fully saturated rings. The Bertz CT molecular complexity index is 863. The number of halogens is 2. The van der Waals surface area contributed by atoms with Crippen LogP contribution >= 0.6 is 0 Å². The molecule has 4 heteroatoms. The molecule has 1 aromatic heterocycles. The van der Waals surface area contributed by atoms with E-state index >= 15 is 0 Å². The van der Waals surface area contributed by atoms with Crippen LogP contribution in [0.1, 0.15) is 6.42 Å². The predicted octanol–water partition coefficient (Wildman–Crippen LogP) is -0.186. The van der Waals surface area contributed by atoms with Gasteiger partial charge < -0.3 is 29.4 Å². The SMILES string of the molecule is [C-]1=CC=CC1.[Cl-].[Cl-].[Hf+4].c1ccc2cn(-c3cc4ccccc4[cH-]3)cc2c1.